The van der Waals surface area contributed by atoms with Gasteiger partial charge in [-0.15, -0.1) is 0 Å². The lowest BCUT2D eigenvalue weighted by atomic mass is 10.5. The molecule has 6 N–H and O–H groups in total. The summed E-state index contributed by atoms with van der Waals surface area (Å²) in [6.45, 7) is 0.769. The quantitative estimate of drug-likeness (QED) is 0.226. The average molecular weight is 186 g/mol. The molecule has 0 saturated carbocycles. The molecule has 0 aliphatic carbocycles. The number of rotatable bonds is 3. The van der Waals surface area contributed by atoms with Gasteiger partial charge in [0.1, 0.15) is 12.5 Å². The van der Waals surface area contributed by atoms with E-state index in [1.54, 1.807) is 0 Å². The summed E-state index contributed by atoms with van der Waals surface area (Å²) in [6.07, 6.45) is 1.54. The molecule has 13 heavy (non-hydrogen) atoms. The van der Waals surface area contributed by atoms with Crippen LogP contribution >= 0.6 is 0 Å². The lowest BCUT2D eigenvalue weighted by molar-refractivity contribution is -0.0371. The topological polar surface area (TPSA) is 108 Å². The Balaban J connectivity index is 2.33. The minimum atomic E-state index is -0.746. The smallest absolute Gasteiger partial charge is 0.185 e. The molecule has 0 spiro atoms. The largest absolute Gasteiger partial charge is 0.375 e. The number of nitrogens with two attached hydrogens (primary N) is 2. The summed E-state index contributed by atoms with van der Waals surface area (Å²) in [6, 6.07) is 0. The molecule has 6 nitrogen and oxygen atoms in total. The summed E-state index contributed by atoms with van der Waals surface area (Å²) < 4.78 is 0. The molecule has 1 rings (SSSR count). The summed E-state index contributed by atoms with van der Waals surface area (Å²) in [7, 11) is 0. The van der Waals surface area contributed by atoms with Gasteiger partial charge >= 0.3 is 0 Å². The summed E-state index contributed by atoms with van der Waals surface area (Å²) in [4.78, 5) is 5.20. The van der Waals surface area contributed by atoms with Crippen molar-refractivity contribution in [3.05, 3.63) is 12.2 Å². The Hall–Kier alpha value is -1.11. The van der Waals surface area contributed by atoms with Crippen molar-refractivity contribution in [2.75, 3.05) is 13.1 Å². The highest BCUT2D eigenvalue weighted by molar-refractivity contribution is 5.75. The zero-order valence-electron chi connectivity index (χ0n) is 7.17. The van der Waals surface area contributed by atoms with E-state index in [4.69, 9.17) is 11.5 Å². The first-order chi connectivity index (χ1) is 6.11. The number of hydrogen-bond acceptors (Lipinski definition) is 4. The van der Waals surface area contributed by atoms with Crippen LogP contribution in [0.4, 0.5) is 0 Å². The molecular formula is C7H14N4O2. The summed E-state index contributed by atoms with van der Waals surface area (Å²) in [5.41, 5.74) is 10.2. The van der Waals surface area contributed by atoms with Gasteiger partial charge in [-0.1, -0.05) is 0 Å². The Kier molecular flexibility index (Phi) is 3.24. The van der Waals surface area contributed by atoms with Gasteiger partial charge in [0, 0.05) is 6.54 Å². The number of aliphatic hydroxyl groups excluding tert-OH is 2. The molecule has 0 aromatic rings. The molecule has 1 aliphatic heterocycles. The molecule has 0 aromatic carbocycles. The van der Waals surface area contributed by atoms with Gasteiger partial charge in [-0.2, -0.15) is 0 Å². The Morgan fingerprint density at radius 1 is 1.31 bits per heavy atom. The second-order valence-corrected chi connectivity index (χ2v) is 2.76. The van der Waals surface area contributed by atoms with Crippen molar-refractivity contribution in [1.29, 1.82) is 0 Å². The highest BCUT2D eigenvalue weighted by atomic mass is 16.3. The van der Waals surface area contributed by atoms with Crippen LogP contribution in [0.5, 0.6) is 0 Å². The second kappa shape index (κ2) is 4.22. The minimum Gasteiger partial charge on any atom is -0.375 e. The number of aliphatic imine (C=N–C) groups is 1. The molecule has 2 unspecified atom stereocenters. The number of hydrogen-bond donors (Lipinski definition) is 4. The normalized spacial score (nSPS) is 27.8. The monoisotopic (exact) mass is 186 g/mol. The van der Waals surface area contributed by atoms with E-state index in [1.807, 2.05) is 0 Å². The van der Waals surface area contributed by atoms with Gasteiger partial charge in [-0.25, -0.2) is 4.90 Å². The highest BCUT2D eigenvalue weighted by Crippen LogP contribution is 2.11. The zero-order valence-corrected chi connectivity index (χ0v) is 7.17. The van der Waals surface area contributed by atoms with E-state index in [9.17, 15) is 10.2 Å². The third-order valence-corrected chi connectivity index (χ3v) is 1.79. The van der Waals surface area contributed by atoms with Crippen molar-refractivity contribution >= 4 is 5.96 Å². The number of aliphatic hydroxyl groups is 2. The van der Waals surface area contributed by atoms with E-state index < -0.39 is 12.5 Å². The third kappa shape index (κ3) is 2.69. The van der Waals surface area contributed by atoms with Crippen LogP contribution in [0.1, 0.15) is 0 Å². The van der Waals surface area contributed by atoms with Crippen LogP contribution in [-0.2, 0) is 0 Å². The molecule has 0 amide bonds. The van der Waals surface area contributed by atoms with Crippen molar-refractivity contribution in [2.45, 2.75) is 12.5 Å². The molecule has 6 heteroatoms. The first kappa shape index (κ1) is 9.97. The van der Waals surface area contributed by atoms with Gasteiger partial charge in [-0.05, 0) is 12.2 Å². The predicted octanol–water partition coefficient (Wildman–Crippen LogP) is -2.23. The fraction of sp³-hybridized carbons (Fsp3) is 0.571. The van der Waals surface area contributed by atoms with E-state index in [1.165, 1.54) is 17.1 Å². The maximum absolute atomic E-state index is 9.29. The molecule has 1 aliphatic rings. The van der Waals surface area contributed by atoms with Crippen LogP contribution in [0.25, 0.3) is 0 Å². The van der Waals surface area contributed by atoms with Crippen molar-refractivity contribution in [3.8, 4) is 0 Å². The third-order valence-electron chi connectivity index (χ3n) is 1.79. The standard InChI is InChI=1S/C7H14N4O2/c8-7(9)10-3-4-11-5(12)1-2-6(11)13/h1-2,5-6,12-13H,3-4H2,(H4,8,9,10). The lowest BCUT2D eigenvalue weighted by Gasteiger charge is -2.22. The Morgan fingerprint density at radius 3 is 2.31 bits per heavy atom. The number of guanidine groups is 1. The van der Waals surface area contributed by atoms with E-state index in [0.29, 0.717) is 13.1 Å². The molecule has 0 saturated heterocycles. The Morgan fingerprint density at radius 2 is 1.85 bits per heavy atom. The zero-order chi connectivity index (χ0) is 9.84. The van der Waals surface area contributed by atoms with E-state index in [-0.39, 0.29) is 5.96 Å². The Bertz CT molecular complexity index is 213. The van der Waals surface area contributed by atoms with Crippen LogP contribution in [0.2, 0.25) is 0 Å². The average Bonchev–Trinajstić information content (AvgIpc) is 2.34. The predicted molar refractivity (Wildman–Crippen MR) is 48.5 cm³/mol. The van der Waals surface area contributed by atoms with Crippen molar-refractivity contribution < 1.29 is 10.2 Å². The Labute approximate surface area is 76.2 Å². The number of nitrogens with zero attached hydrogens (tertiary/aromatic N) is 2. The SMILES string of the molecule is NC(N)=NCCN1C(O)C=CC1O. The molecule has 0 fully saturated rings. The maximum atomic E-state index is 9.29. The van der Waals surface area contributed by atoms with Crippen molar-refractivity contribution in [1.82, 2.24) is 4.90 Å². The van der Waals surface area contributed by atoms with E-state index in [2.05, 4.69) is 4.99 Å². The van der Waals surface area contributed by atoms with Gasteiger partial charge in [0.05, 0.1) is 6.54 Å². The molecule has 74 valence electrons. The molecule has 2 atom stereocenters. The molecule has 1 heterocycles. The van der Waals surface area contributed by atoms with E-state index in [0.717, 1.165) is 0 Å². The molecule has 0 radical (unpaired) electrons. The fourth-order valence-corrected chi connectivity index (χ4v) is 1.14. The summed E-state index contributed by atoms with van der Waals surface area (Å²) in [5, 5.41) is 18.6. The summed E-state index contributed by atoms with van der Waals surface area (Å²) >= 11 is 0. The highest BCUT2D eigenvalue weighted by Gasteiger charge is 2.24. The summed E-state index contributed by atoms with van der Waals surface area (Å²) in [5.74, 6) is 0.0103. The van der Waals surface area contributed by atoms with Crippen molar-refractivity contribution in [2.24, 2.45) is 16.5 Å². The fourth-order valence-electron chi connectivity index (χ4n) is 1.14. The van der Waals surface area contributed by atoms with Gasteiger partial charge < -0.3 is 21.7 Å². The van der Waals surface area contributed by atoms with Gasteiger partial charge in [0.15, 0.2) is 5.96 Å². The van der Waals surface area contributed by atoms with Crippen LogP contribution in [0.3, 0.4) is 0 Å². The second-order valence-electron chi connectivity index (χ2n) is 2.76. The molecule has 0 bridgehead atoms. The van der Waals surface area contributed by atoms with Crippen LogP contribution in [-0.4, -0.2) is 46.6 Å². The van der Waals surface area contributed by atoms with Gasteiger partial charge in [-0.3, -0.25) is 4.99 Å². The van der Waals surface area contributed by atoms with Crippen LogP contribution < -0.4 is 11.5 Å². The molecular weight excluding hydrogens is 172 g/mol. The first-order valence-electron chi connectivity index (χ1n) is 3.97. The lowest BCUT2D eigenvalue weighted by Crippen LogP contribution is -2.39. The molecule has 0 aromatic heterocycles. The van der Waals surface area contributed by atoms with Crippen LogP contribution in [0, 0.1) is 0 Å². The minimum absolute atomic E-state index is 0.0103. The van der Waals surface area contributed by atoms with Crippen molar-refractivity contribution in [3.63, 3.8) is 0 Å². The van der Waals surface area contributed by atoms with Crippen LogP contribution in [0.15, 0.2) is 17.1 Å². The van der Waals surface area contributed by atoms with Gasteiger partial charge in [0.25, 0.3) is 0 Å². The van der Waals surface area contributed by atoms with E-state index >= 15 is 0 Å². The first-order valence-corrected chi connectivity index (χ1v) is 3.97. The van der Waals surface area contributed by atoms with Gasteiger partial charge in [0.2, 0.25) is 0 Å². The maximum Gasteiger partial charge on any atom is 0.185 e.